The molecule has 1 aromatic heterocycles. The van der Waals surface area contributed by atoms with Crippen molar-refractivity contribution in [1.29, 1.82) is 0 Å². The Morgan fingerprint density at radius 3 is 3.00 bits per heavy atom. The Kier molecular flexibility index (Phi) is 3.70. The van der Waals surface area contributed by atoms with Crippen LogP contribution in [0.5, 0.6) is 0 Å². The van der Waals surface area contributed by atoms with Gasteiger partial charge in [-0.3, -0.25) is 4.98 Å². The van der Waals surface area contributed by atoms with Crippen LogP contribution in [-0.2, 0) is 5.88 Å². The maximum atomic E-state index is 5.67. The van der Waals surface area contributed by atoms with Gasteiger partial charge < -0.3 is 4.90 Å². The monoisotopic (exact) mass is 243 g/mol. The van der Waals surface area contributed by atoms with Crippen LogP contribution >= 0.6 is 23.4 Å². The summed E-state index contributed by atoms with van der Waals surface area (Å²) in [6, 6.07) is 0.542. The minimum Gasteiger partial charge on any atom is -0.351 e. The lowest BCUT2D eigenvalue weighted by atomic mass is 10.3. The average molecular weight is 244 g/mol. The number of nitrogens with zero attached hydrogens (tertiary/aromatic N) is 3. The number of hydrogen-bond donors (Lipinski definition) is 0. The van der Waals surface area contributed by atoms with E-state index in [-0.39, 0.29) is 0 Å². The fraction of sp³-hybridized carbons (Fsp3) is 0.600. The molecule has 0 N–H and O–H groups in total. The highest BCUT2D eigenvalue weighted by atomic mass is 35.5. The van der Waals surface area contributed by atoms with E-state index in [2.05, 4.69) is 21.8 Å². The van der Waals surface area contributed by atoms with E-state index in [1.165, 1.54) is 11.5 Å². The van der Waals surface area contributed by atoms with Gasteiger partial charge in [-0.05, 0) is 6.92 Å². The van der Waals surface area contributed by atoms with Crippen LogP contribution in [0.2, 0.25) is 0 Å². The predicted molar refractivity (Wildman–Crippen MR) is 65.7 cm³/mol. The zero-order valence-corrected chi connectivity index (χ0v) is 10.3. The van der Waals surface area contributed by atoms with Crippen molar-refractivity contribution in [2.75, 3.05) is 23.0 Å². The summed E-state index contributed by atoms with van der Waals surface area (Å²) in [6.45, 7) is 3.28. The van der Waals surface area contributed by atoms with Crippen LogP contribution in [0.4, 0.5) is 5.82 Å². The summed E-state index contributed by atoms with van der Waals surface area (Å²) >= 11 is 7.67. The molecular weight excluding hydrogens is 230 g/mol. The van der Waals surface area contributed by atoms with Gasteiger partial charge in [0.2, 0.25) is 0 Å². The molecule has 1 saturated heterocycles. The van der Waals surface area contributed by atoms with Crippen molar-refractivity contribution in [2.24, 2.45) is 0 Å². The molecule has 0 aromatic carbocycles. The van der Waals surface area contributed by atoms with Crippen molar-refractivity contribution in [1.82, 2.24) is 9.97 Å². The van der Waals surface area contributed by atoms with Gasteiger partial charge in [0, 0.05) is 24.1 Å². The van der Waals surface area contributed by atoms with Crippen LogP contribution < -0.4 is 4.90 Å². The quantitative estimate of drug-likeness (QED) is 0.745. The lowest BCUT2D eigenvalue weighted by Gasteiger charge is -2.33. The molecule has 1 unspecified atom stereocenters. The van der Waals surface area contributed by atoms with E-state index >= 15 is 0 Å². The summed E-state index contributed by atoms with van der Waals surface area (Å²) in [5, 5.41) is 0. The summed E-state index contributed by atoms with van der Waals surface area (Å²) in [7, 11) is 0. The second-order valence-corrected chi connectivity index (χ2v) is 5.03. The summed E-state index contributed by atoms with van der Waals surface area (Å²) in [6.07, 6.45) is 3.58. The predicted octanol–water partition coefficient (Wildman–Crippen LogP) is 2.16. The van der Waals surface area contributed by atoms with Crippen LogP contribution in [0.1, 0.15) is 12.6 Å². The van der Waals surface area contributed by atoms with Crippen LogP contribution in [-0.4, -0.2) is 34.1 Å². The number of rotatable bonds is 2. The van der Waals surface area contributed by atoms with Crippen molar-refractivity contribution >= 4 is 29.2 Å². The zero-order chi connectivity index (χ0) is 10.7. The highest BCUT2D eigenvalue weighted by Crippen LogP contribution is 2.21. The molecule has 0 radical (unpaired) electrons. The number of alkyl halides is 1. The first-order valence-corrected chi connectivity index (χ1v) is 6.71. The van der Waals surface area contributed by atoms with E-state index in [1.54, 1.807) is 6.20 Å². The van der Waals surface area contributed by atoms with Crippen LogP contribution in [0.15, 0.2) is 12.4 Å². The van der Waals surface area contributed by atoms with Gasteiger partial charge in [-0.2, -0.15) is 11.8 Å². The molecule has 3 nitrogen and oxygen atoms in total. The molecule has 0 spiro atoms. The average Bonchev–Trinajstić information content (AvgIpc) is 2.30. The molecule has 0 saturated carbocycles. The van der Waals surface area contributed by atoms with Gasteiger partial charge >= 0.3 is 0 Å². The molecule has 1 aliphatic heterocycles. The molecule has 2 rings (SSSR count). The van der Waals surface area contributed by atoms with Gasteiger partial charge in [0.15, 0.2) is 0 Å². The van der Waals surface area contributed by atoms with Gasteiger partial charge in [0.1, 0.15) is 5.82 Å². The van der Waals surface area contributed by atoms with Crippen molar-refractivity contribution in [3.8, 4) is 0 Å². The molecule has 15 heavy (non-hydrogen) atoms. The molecule has 1 aromatic rings. The van der Waals surface area contributed by atoms with Crippen molar-refractivity contribution in [3.05, 3.63) is 18.1 Å². The third kappa shape index (κ3) is 2.55. The normalized spacial score (nSPS) is 21.7. The minimum atomic E-state index is 0.429. The smallest absolute Gasteiger partial charge is 0.147 e. The van der Waals surface area contributed by atoms with Crippen LogP contribution in [0.3, 0.4) is 0 Å². The molecule has 1 aliphatic rings. The van der Waals surface area contributed by atoms with Crippen molar-refractivity contribution < 1.29 is 0 Å². The van der Waals surface area contributed by atoms with E-state index in [9.17, 15) is 0 Å². The second-order valence-electron chi connectivity index (χ2n) is 3.62. The maximum absolute atomic E-state index is 5.67. The molecule has 0 bridgehead atoms. The van der Waals surface area contributed by atoms with Crippen LogP contribution in [0.25, 0.3) is 0 Å². The number of thioether (sulfide) groups is 1. The number of halogens is 1. The summed E-state index contributed by atoms with van der Waals surface area (Å²) in [4.78, 5) is 11.0. The van der Waals surface area contributed by atoms with Gasteiger partial charge in [-0.15, -0.1) is 11.6 Å². The Labute approximate surface area is 99.2 Å². The SMILES string of the molecule is CC1CSCCN1c1cnc(CCl)cn1. The zero-order valence-electron chi connectivity index (χ0n) is 8.69. The van der Waals surface area contributed by atoms with E-state index in [1.807, 2.05) is 18.0 Å². The van der Waals surface area contributed by atoms with E-state index in [0.717, 1.165) is 18.1 Å². The molecule has 0 amide bonds. The third-order valence-electron chi connectivity index (χ3n) is 2.49. The molecule has 1 atom stereocenters. The molecule has 5 heteroatoms. The van der Waals surface area contributed by atoms with Gasteiger partial charge in [0.05, 0.1) is 24.0 Å². The summed E-state index contributed by atoms with van der Waals surface area (Å²) in [5.74, 6) is 3.73. The standard InChI is InChI=1S/C10H14ClN3S/c1-8-7-15-3-2-14(8)10-6-12-9(4-11)5-13-10/h5-6,8H,2-4,7H2,1H3. The number of anilines is 1. The fourth-order valence-electron chi connectivity index (χ4n) is 1.63. The first-order valence-electron chi connectivity index (χ1n) is 5.02. The molecule has 0 aliphatic carbocycles. The highest BCUT2D eigenvalue weighted by Gasteiger charge is 2.19. The van der Waals surface area contributed by atoms with E-state index < -0.39 is 0 Å². The lowest BCUT2D eigenvalue weighted by Crippen LogP contribution is -2.40. The lowest BCUT2D eigenvalue weighted by molar-refractivity contribution is 0.687. The molecular formula is C10H14ClN3S. The molecule has 82 valence electrons. The van der Waals surface area contributed by atoms with Crippen LogP contribution in [0, 0.1) is 0 Å². The largest absolute Gasteiger partial charge is 0.351 e. The van der Waals surface area contributed by atoms with Gasteiger partial charge in [-0.1, -0.05) is 0 Å². The first-order chi connectivity index (χ1) is 7.31. The fourth-order valence-corrected chi connectivity index (χ4v) is 2.78. The minimum absolute atomic E-state index is 0.429. The van der Waals surface area contributed by atoms with E-state index in [0.29, 0.717) is 11.9 Å². The summed E-state index contributed by atoms with van der Waals surface area (Å²) in [5.41, 5.74) is 0.833. The third-order valence-corrected chi connectivity index (χ3v) is 3.95. The topological polar surface area (TPSA) is 29.0 Å². The second kappa shape index (κ2) is 5.03. The Balaban J connectivity index is 2.13. The highest BCUT2D eigenvalue weighted by molar-refractivity contribution is 7.99. The Morgan fingerprint density at radius 2 is 2.40 bits per heavy atom. The first kappa shape index (κ1) is 11.0. The van der Waals surface area contributed by atoms with Crippen molar-refractivity contribution in [2.45, 2.75) is 18.8 Å². The maximum Gasteiger partial charge on any atom is 0.147 e. The summed E-state index contributed by atoms with van der Waals surface area (Å²) < 4.78 is 0. The van der Waals surface area contributed by atoms with Crippen molar-refractivity contribution in [3.63, 3.8) is 0 Å². The number of hydrogen-bond acceptors (Lipinski definition) is 4. The molecule has 2 heterocycles. The van der Waals surface area contributed by atoms with Gasteiger partial charge in [0.25, 0.3) is 0 Å². The molecule has 1 fully saturated rings. The Morgan fingerprint density at radius 1 is 1.53 bits per heavy atom. The Bertz CT molecular complexity index is 317. The van der Waals surface area contributed by atoms with E-state index in [4.69, 9.17) is 11.6 Å². The Hall–Kier alpha value is -0.480. The van der Waals surface area contributed by atoms with Gasteiger partial charge in [-0.25, -0.2) is 4.98 Å². The number of aromatic nitrogens is 2.